The smallest absolute Gasteiger partial charge is 0.317 e. The lowest BCUT2D eigenvalue weighted by molar-refractivity contribution is -0.0328. The van der Waals surface area contributed by atoms with Crippen LogP contribution >= 0.6 is 11.8 Å². The molecule has 0 saturated carbocycles. The minimum atomic E-state index is -4.07. The van der Waals surface area contributed by atoms with E-state index in [1.807, 2.05) is 6.92 Å². The fraction of sp³-hybridized carbons (Fsp3) is 1.00. The van der Waals surface area contributed by atoms with Gasteiger partial charge in [0, 0.05) is 5.75 Å². The van der Waals surface area contributed by atoms with Crippen molar-refractivity contribution in [3.8, 4) is 0 Å². The van der Waals surface area contributed by atoms with Gasteiger partial charge in [-0.05, 0) is 31.8 Å². The predicted octanol–water partition coefficient (Wildman–Crippen LogP) is 3.66. The highest BCUT2D eigenvalue weighted by atomic mass is 32.2. The molecule has 0 saturated heterocycles. The Kier molecular flexibility index (Phi) is 8.33. The molecule has 92 valence electrons. The van der Waals surface area contributed by atoms with Gasteiger partial charge in [-0.2, -0.15) is 13.2 Å². The standard InChI is InChI=1S/C10H20F3NS/c1-3-5-9(8-14-4-2)6-7-15-10(11,12)13/h9,14H,3-8H2,1-2H3. The third-order valence-corrected chi connectivity index (χ3v) is 2.94. The fourth-order valence-electron chi connectivity index (χ4n) is 1.45. The van der Waals surface area contributed by atoms with Crippen LogP contribution in [0, 0.1) is 5.92 Å². The summed E-state index contributed by atoms with van der Waals surface area (Å²) >= 11 is 0.0934. The monoisotopic (exact) mass is 243 g/mol. The Labute approximate surface area is 94.2 Å². The number of halogens is 3. The first-order valence-electron chi connectivity index (χ1n) is 5.41. The maximum Gasteiger partial charge on any atom is 0.441 e. The zero-order chi connectivity index (χ0) is 11.7. The van der Waals surface area contributed by atoms with Crippen LogP contribution in [0.5, 0.6) is 0 Å². The minimum Gasteiger partial charge on any atom is -0.317 e. The second kappa shape index (κ2) is 8.28. The second-order valence-electron chi connectivity index (χ2n) is 3.55. The molecule has 0 aliphatic carbocycles. The molecule has 0 aromatic rings. The van der Waals surface area contributed by atoms with Crippen LogP contribution in [0.1, 0.15) is 33.1 Å². The van der Waals surface area contributed by atoms with Crippen LogP contribution in [0.4, 0.5) is 13.2 Å². The van der Waals surface area contributed by atoms with Crippen molar-refractivity contribution < 1.29 is 13.2 Å². The molecule has 1 atom stereocenters. The predicted molar refractivity (Wildman–Crippen MR) is 60.1 cm³/mol. The van der Waals surface area contributed by atoms with Crippen molar-refractivity contribution in [2.75, 3.05) is 18.8 Å². The van der Waals surface area contributed by atoms with E-state index in [0.29, 0.717) is 12.3 Å². The van der Waals surface area contributed by atoms with E-state index in [2.05, 4.69) is 12.2 Å². The number of hydrogen-bond acceptors (Lipinski definition) is 2. The van der Waals surface area contributed by atoms with Crippen molar-refractivity contribution in [1.29, 1.82) is 0 Å². The summed E-state index contributed by atoms with van der Waals surface area (Å²) in [7, 11) is 0. The molecule has 0 aliphatic rings. The number of alkyl halides is 3. The third kappa shape index (κ3) is 10.4. The molecule has 0 heterocycles. The normalized spacial score (nSPS) is 14.2. The lowest BCUT2D eigenvalue weighted by Crippen LogP contribution is -2.23. The van der Waals surface area contributed by atoms with Gasteiger partial charge < -0.3 is 5.32 Å². The second-order valence-corrected chi connectivity index (χ2v) is 4.71. The van der Waals surface area contributed by atoms with Crippen LogP contribution in [0.3, 0.4) is 0 Å². The quantitative estimate of drug-likeness (QED) is 0.698. The largest absolute Gasteiger partial charge is 0.441 e. The van der Waals surface area contributed by atoms with Crippen LogP contribution in [0.15, 0.2) is 0 Å². The number of rotatable bonds is 8. The number of thioether (sulfide) groups is 1. The van der Waals surface area contributed by atoms with Crippen LogP contribution in [0.2, 0.25) is 0 Å². The Morgan fingerprint density at radius 1 is 1.20 bits per heavy atom. The van der Waals surface area contributed by atoms with Crippen molar-refractivity contribution in [2.45, 2.75) is 38.6 Å². The SMILES string of the molecule is CCCC(CCSC(F)(F)F)CNCC. The Hall–Kier alpha value is 0.1000. The van der Waals surface area contributed by atoms with Gasteiger partial charge in [0.1, 0.15) is 0 Å². The summed E-state index contributed by atoms with van der Waals surface area (Å²) in [5.41, 5.74) is -4.07. The average molecular weight is 243 g/mol. The highest BCUT2D eigenvalue weighted by molar-refractivity contribution is 8.00. The summed E-state index contributed by atoms with van der Waals surface area (Å²) in [5.74, 6) is 0.560. The van der Waals surface area contributed by atoms with Gasteiger partial charge in [0.2, 0.25) is 0 Å². The molecular formula is C10H20F3NS. The molecule has 0 aliphatic heterocycles. The van der Waals surface area contributed by atoms with Crippen molar-refractivity contribution in [3.63, 3.8) is 0 Å². The molecule has 0 bridgehead atoms. The summed E-state index contributed by atoms with van der Waals surface area (Å²) < 4.78 is 35.7. The van der Waals surface area contributed by atoms with Gasteiger partial charge in [-0.1, -0.05) is 32.0 Å². The van der Waals surface area contributed by atoms with Crippen LogP contribution in [-0.2, 0) is 0 Å². The van der Waals surface area contributed by atoms with E-state index in [1.165, 1.54) is 0 Å². The van der Waals surface area contributed by atoms with Crippen LogP contribution < -0.4 is 5.32 Å². The highest BCUT2D eigenvalue weighted by Crippen LogP contribution is 2.31. The molecule has 0 aromatic carbocycles. The molecule has 0 spiro atoms. The van der Waals surface area contributed by atoms with Crippen molar-refractivity contribution in [2.24, 2.45) is 5.92 Å². The van der Waals surface area contributed by atoms with Crippen LogP contribution in [0.25, 0.3) is 0 Å². The van der Waals surface area contributed by atoms with E-state index in [4.69, 9.17) is 0 Å². The van der Waals surface area contributed by atoms with E-state index in [0.717, 1.165) is 25.9 Å². The molecule has 0 aromatic heterocycles. The van der Waals surface area contributed by atoms with Gasteiger partial charge in [-0.15, -0.1) is 0 Å². The van der Waals surface area contributed by atoms with E-state index in [1.54, 1.807) is 0 Å². The molecule has 5 heteroatoms. The van der Waals surface area contributed by atoms with Crippen molar-refractivity contribution in [3.05, 3.63) is 0 Å². The van der Waals surface area contributed by atoms with E-state index >= 15 is 0 Å². The van der Waals surface area contributed by atoms with E-state index in [-0.39, 0.29) is 17.5 Å². The summed E-state index contributed by atoms with van der Waals surface area (Å²) in [4.78, 5) is 0. The Morgan fingerprint density at radius 3 is 2.33 bits per heavy atom. The summed E-state index contributed by atoms with van der Waals surface area (Å²) in [6.45, 7) is 5.79. The first-order chi connectivity index (χ1) is 6.99. The van der Waals surface area contributed by atoms with Gasteiger partial charge in [-0.3, -0.25) is 0 Å². The summed E-state index contributed by atoms with van der Waals surface area (Å²) in [6, 6.07) is 0. The maximum atomic E-state index is 11.9. The van der Waals surface area contributed by atoms with Gasteiger partial charge >= 0.3 is 5.51 Å². The maximum absolute atomic E-state index is 11.9. The molecule has 0 amide bonds. The summed E-state index contributed by atoms with van der Waals surface area (Å²) in [6.07, 6.45) is 2.68. The first-order valence-corrected chi connectivity index (χ1v) is 6.39. The lowest BCUT2D eigenvalue weighted by Gasteiger charge is -2.16. The summed E-state index contributed by atoms with van der Waals surface area (Å²) in [5, 5.41) is 3.19. The van der Waals surface area contributed by atoms with Crippen LogP contribution in [-0.4, -0.2) is 24.4 Å². The molecule has 1 nitrogen and oxygen atoms in total. The topological polar surface area (TPSA) is 12.0 Å². The molecule has 0 radical (unpaired) electrons. The Bertz CT molecular complexity index is 150. The van der Waals surface area contributed by atoms with E-state index in [9.17, 15) is 13.2 Å². The average Bonchev–Trinajstić information content (AvgIpc) is 2.12. The zero-order valence-corrected chi connectivity index (χ0v) is 10.2. The van der Waals surface area contributed by atoms with Gasteiger partial charge in [0.05, 0.1) is 0 Å². The molecular weight excluding hydrogens is 223 g/mol. The van der Waals surface area contributed by atoms with Gasteiger partial charge in [0.25, 0.3) is 0 Å². The Balaban J connectivity index is 3.65. The molecule has 0 fully saturated rings. The zero-order valence-electron chi connectivity index (χ0n) is 9.36. The lowest BCUT2D eigenvalue weighted by atomic mass is 10.0. The van der Waals surface area contributed by atoms with E-state index < -0.39 is 5.51 Å². The Morgan fingerprint density at radius 2 is 1.87 bits per heavy atom. The molecule has 0 rings (SSSR count). The highest BCUT2D eigenvalue weighted by Gasteiger charge is 2.27. The number of hydrogen-bond donors (Lipinski definition) is 1. The third-order valence-electron chi connectivity index (χ3n) is 2.17. The first kappa shape index (κ1) is 15.1. The number of nitrogens with one attached hydrogen (secondary N) is 1. The molecule has 1 unspecified atom stereocenters. The van der Waals surface area contributed by atoms with Gasteiger partial charge in [-0.25, -0.2) is 0 Å². The van der Waals surface area contributed by atoms with Crippen molar-refractivity contribution in [1.82, 2.24) is 5.32 Å². The molecule has 15 heavy (non-hydrogen) atoms. The van der Waals surface area contributed by atoms with Gasteiger partial charge in [0.15, 0.2) is 0 Å². The fourth-order valence-corrected chi connectivity index (χ4v) is 2.13. The van der Waals surface area contributed by atoms with Crippen molar-refractivity contribution >= 4 is 11.8 Å². The minimum absolute atomic E-state index is 0.0934. The molecule has 1 N–H and O–H groups in total.